The van der Waals surface area contributed by atoms with Crippen LogP contribution in [0.1, 0.15) is 26.7 Å². The number of nitrogens with zero attached hydrogens (tertiary/aromatic N) is 1. The molecule has 0 aromatic carbocycles. The Kier molecular flexibility index (Phi) is 1.35. The van der Waals surface area contributed by atoms with E-state index in [4.69, 9.17) is 5.21 Å². The number of Topliss-reactive ketones (excluding diaryl/α,β-unsaturated/α-hetero) is 1. The van der Waals surface area contributed by atoms with Gasteiger partial charge in [-0.1, -0.05) is 19.0 Å². The van der Waals surface area contributed by atoms with E-state index in [9.17, 15) is 4.79 Å². The number of ketones is 1. The van der Waals surface area contributed by atoms with Crippen LogP contribution in [0.4, 0.5) is 0 Å². The van der Waals surface area contributed by atoms with Gasteiger partial charge in [-0.05, 0) is 24.2 Å². The lowest BCUT2D eigenvalue weighted by atomic mass is 9.48. The van der Waals surface area contributed by atoms with Gasteiger partial charge in [-0.25, -0.2) is 0 Å². The number of rotatable bonds is 0. The van der Waals surface area contributed by atoms with E-state index in [1.165, 1.54) is 0 Å². The third-order valence-electron chi connectivity index (χ3n) is 3.63. The topological polar surface area (TPSA) is 49.7 Å². The molecule has 2 atom stereocenters. The number of hydrogen-bond acceptors (Lipinski definition) is 3. The Hall–Kier alpha value is -0.860. The Labute approximate surface area is 71.5 Å². The summed E-state index contributed by atoms with van der Waals surface area (Å²) in [5.41, 5.74) is 0.529. The monoisotopic (exact) mass is 167 g/mol. The highest BCUT2D eigenvalue weighted by atomic mass is 16.4. The van der Waals surface area contributed by atoms with Gasteiger partial charge in [0.05, 0.1) is 0 Å². The maximum atomic E-state index is 11.5. The van der Waals surface area contributed by atoms with Crippen molar-refractivity contribution in [2.75, 3.05) is 0 Å². The molecule has 0 saturated heterocycles. The summed E-state index contributed by atoms with van der Waals surface area (Å²) in [5.74, 6) is 0.721. The Morgan fingerprint density at radius 2 is 2.25 bits per heavy atom. The van der Waals surface area contributed by atoms with E-state index in [1.54, 1.807) is 0 Å². The van der Waals surface area contributed by atoms with E-state index in [0.717, 1.165) is 6.42 Å². The van der Waals surface area contributed by atoms with Gasteiger partial charge >= 0.3 is 0 Å². The minimum absolute atomic E-state index is 0.0602. The largest absolute Gasteiger partial charge is 0.411 e. The zero-order valence-electron chi connectivity index (χ0n) is 7.37. The smallest absolute Gasteiger partial charge is 0.184 e. The number of carbonyl (C=O) groups is 1. The molecule has 0 unspecified atom stereocenters. The molecule has 0 amide bonds. The first-order chi connectivity index (χ1) is 5.57. The second-order valence-electron chi connectivity index (χ2n) is 4.42. The van der Waals surface area contributed by atoms with Gasteiger partial charge in [0.15, 0.2) is 5.78 Å². The van der Waals surface area contributed by atoms with Crippen molar-refractivity contribution >= 4 is 11.5 Å². The van der Waals surface area contributed by atoms with Crippen LogP contribution in [0, 0.1) is 17.3 Å². The fraction of sp³-hybridized carbons (Fsp3) is 0.778. The van der Waals surface area contributed by atoms with Gasteiger partial charge in [0.1, 0.15) is 5.71 Å². The van der Waals surface area contributed by atoms with Gasteiger partial charge in [-0.3, -0.25) is 4.79 Å². The van der Waals surface area contributed by atoms with Gasteiger partial charge in [-0.2, -0.15) is 0 Å². The van der Waals surface area contributed by atoms with Crippen LogP contribution in [0.3, 0.4) is 0 Å². The van der Waals surface area contributed by atoms with E-state index in [0.29, 0.717) is 18.1 Å². The van der Waals surface area contributed by atoms with Crippen LogP contribution in [0.5, 0.6) is 0 Å². The normalized spacial score (nSPS) is 41.2. The van der Waals surface area contributed by atoms with Crippen LogP contribution in [0.25, 0.3) is 0 Å². The first-order valence-corrected chi connectivity index (χ1v) is 4.32. The molecule has 0 aromatic rings. The van der Waals surface area contributed by atoms with Gasteiger partial charge in [0, 0.05) is 5.92 Å². The highest BCUT2D eigenvalue weighted by molar-refractivity contribution is 6.42. The molecule has 3 fully saturated rings. The number of fused-ring (bicyclic) bond motifs is 2. The number of oxime groups is 1. The number of carbonyl (C=O) groups excluding carboxylic acids is 1. The molecule has 3 aliphatic carbocycles. The van der Waals surface area contributed by atoms with E-state index >= 15 is 0 Å². The lowest BCUT2D eigenvalue weighted by Gasteiger charge is -2.55. The Morgan fingerprint density at radius 1 is 1.58 bits per heavy atom. The van der Waals surface area contributed by atoms with Crippen LogP contribution in [-0.2, 0) is 4.79 Å². The van der Waals surface area contributed by atoms with E-state index in [-0.39, 0.29) is 17.1 Å². The molecular formula is C9H13NO2. The van der Waals surface area contributed by atoms with E-state index in [1.807, 2.05) is 0 Å². The molecule has 3 aliphatic rings. The van der Waals surface area contributed by atoms with Crippen molar-refractivity contribution in [3.63, 3.8) is 0 Å². The molecule has 0 aliphatic heterocycles. The zero-order chi connectivity index (χ0) is 8.93. The standard InChI is InChI=1S/C9H13NO2/c1-9(2)5-3-6(9)8(11)7(4-5)10-12/h5-6,12H,3-4H2,1-2H3/b10-7+/t5-,6+/m0/s1. The molecule has 0 radical (unpaired) electrons. The summed E-state index contributed by atoms with van der Waals surface area (Å²) in [6, 6.07) is 0. The van der Waals surface area contributed by atoms with Crippen molar-refractivity contribution in [1.29, 1.82) is 0 Å². The van der Waals surface area contributed by atoms with E-state index in [2.05, 4.69) is 19.0 Å². The van der Waals surface area contributed by atoms with Crippen LogP contribution >= 0.6 is 0 Å². The minimum atomic E-state index is 0.0602. The van der Waals surface area contributed by atoms with Crippen molar-refractivity contribution in [3.8, 4) is 0 Å². The van der Waals surface area contributed by atoms with E-state index < -0.39 is 0 Å². The first kappa shape index (κ1) is 7.77. The van der Waals surface area contributed by atoms with Crippen LogP contribution in [0.2, 0.25) is 0 Å². The van der Waals surface area contributed by atoms with Gasteiger partial charge in [-0.15, -0.1) is 0 Å². The highest BCUT2D eigenvalue weighted by Crippen LogP contribution is 2.56. The zero-order valence-corrected chi connectivity index (χ0v) is 7.37. The summed E-state index contributed by atoms with van der Waals surface area (Å²) in [5, 5.41) is 11.6. The van der Waals surface area contributed by atoms with Crippen molar-refractivity contribution in [2.45, 2.75) is 26.7 Å². The molecular weight excluding hydrogens is 154 g/mol. The minimum Gasteiger partial charge on any atom is -0.411 e. The van der Waals surface area contributed by atoms with Crippen molar-refractivity contribution < 1.29 is 10.0 Å². The Balaban J connectivity index is 2.28. The molecule has 3 heteroatoms. The lowest BCUT2D eigenvalue weighted by molar-refractivity contribution is -0.135. The summed E-state index contributed by atoms with van der Waals surface area (Å²) < 4.78 is 0. The molecule has 1 N–H and O–H groups in total. The molecule has 3 rings (SSSR count). The molecule has 0 aromatic heterocycles. The van der Waals surface area contributed by atoms with Gasteiger partial charge in [0.2, 0.25) is 0 Å². The molecule has 12 heavy (non-hydrogen) atoms. The van der Waals surface area contributed by atoms with Gasteiger partial charge in [0.25, 0.3) is 0 Å². The molecule has 0 heterocycles. The Morgan fingerprint density at radius 3 is 2.67 bits per heavy atom. The SMILES string of the molecule is CC1(C)[C@@H]2C/C(=N\O)C(=O)[C@H]1C2. The van der Waals surface area contributed by atoms with Gasteiger partial charge < -0.3 is 5.21 Å². The summed E-state index contributed by atoms with van der Waals surface area (Å²) in [7, 11) is 0. The molecule has 0 spiro atoms. The molecule has 3 saturated carbocycles. The summed E-state index contributed by atoms with van der Waals surface area (Å²) in [6.45, 7) is 4.25. The fourth-order valence-electron chi connectivity index (χ4n) is 2.43. The van der Waals surface area contributed by atoms with Crippen molar-refractivity contribution in [1.82, 2.24) is 0 Å². The molecule has 66 valence electrons. The predicted molar refractivity (Wildman–Crippen MR) is 44.2 cm³/mol. The quantitative estimate of drug-likeness (QED) is 0.438. The van der Waals surface area contributed by atoms with Crippen LogP contribution in [0.15, 0.2) is 5.16 Å². The van der Waals surface area contributed by atoms with Crippen molar-refractivity contribution in [2.24, 2.45) is 22.4 Å². The maximum absolute atomic E-state index is 11.5. The lowest BCUT2D eigenvalue weighted by Crippen LogP contribution is -2.56. The number of hydrogen-bond donors (Lipinski definition) is 1. The Bertz CT molecular complexity index is 268. The average Bonchev–Trinajstić information content (AvgIpc) is 2.03. The van der Waals surface area contributed by atoms with Crippen LogP contribution in [-0.4, -0.2) is 16.7 Å². The summed E-state index contributed by atoms with van der Waals surface area (Å²) in [6.07, 6.45) is 1.66. The fourth-order valence-corrected chi connectivity index (χ4v) is 2.43. The van der Waals surface area contributed by atoms with Crippen molar-refractivity contribution in [3.05, 3.63) is 0 Å². The second-order valence-corrected chi connectivity index (χ2v) is 4.42. The maximum Gasteiger partial charge on any atom is 0.184 e. The summed E-state index contributed by atoms with van der Waals surface area (Å²) in [4.78, 5) is 11.5. The molecule has 2 bridgehead atoms. The average molecular weight is 167 g/mol. The third-order valence-corrected chi connectivity index (χ3v) is 3.63. The third kappa shape index (κ3) is 0.713. The van der Waals surface area contributed by atoms with Crippen LogP contribution < -0.4 is 0 Å². The highest BCUT2D eigenvalue weighted by Gasteiger charge is 2.56. The molecule has 3 nitrogen and oxygen atoms in total. The predicted octanol–water partition coefficient (Wildman–Crippen LogP) is 1.45. The summed E-state index contributed by atoms with van der Waals surface area (Å²) >= 11 is 0. The first-order valence-electron chi connectivity index (χ1n) is 4.32. The second kappa shape index (κ2) is 2.09.